The van der Waals surface area contributed by atoms with Crippen molar-refractivity contribution in [3.63, 3.8) is 0 Å². The van der Waals surface area contributed by atoms with E-state index >= 15 is 0 Å². The Kier molecular flexibility index (Phi) is 5.49. The Morgan fingerprint density at radius 1 is 1.26 bits per heavy atom. The highest BCUT2D eigenvalue weighted by molar-refractivity contribution is 5.91. The second kappa shape index (κ2) is 7.77. The monoisotopic (exact) mass is 317 g/mol. The number of piperidine rings is 1. The molecule has 1 unspecified atom stereocenters. The standard InChI is InChI=1S/C18H27N3O2/c1-14(15-7-11-23-12-8-15)18(22)20-17-6-5-16(13-19-17)21-9-3-2-4-10-21/h5-6,13-15H,2-4,7-12H2,1H3,(H,19,20,22). The van der Waals surface area contributed by atoms with Crippen molar-refractivity contribution in [2.75, 3.05) is 36.5 Å². The molecule has 3 rings (SSSR count). The number of aromatic nitrogens is 1. The highest BCUT2D eigenvalue weighted by Gasteiger charge is 2.26. The number of anilines is 2. The molecule has 2 aliphatic rings. The zero-order valence-corrected chi connectivity index (χ0v) is 14.0. The smallest absolute Gasteiger partial charge is 0.228 e. The van der Waals surface area contributed by atoms with Gasteiger partial charge in [-0.2, -0.15) is 0 Å². The highest BCUT2D eigenvalue weighted by atomic mass is 16.5. The Balaban J connectivity index is 1.55. The van der Waals surface area contributed by atoms with E-state index in [2.05, 4.69) is 21.3 Å². The quantitative estimate of drug-likeness (QED) is 0.927. The molecule has 0 aliphatic carbocycles. The number of rotatable bonds is 4. The summed E-state index contributed by atoms with van der Waals surface area (Å²) in [5.41, 5.74) is 1.15. The van der Waals surface area contributed by atoms with E-state index in [1.807, 2.05) is 19.2 Å². The van der Waals surface area contributed by atoms with Crippen molar-refractivity contribution in [2.45, 2.75) is 39.0 Å². The summed E-state index contributed by atoms with van der Waals surface area (Å²) in [7, 11) is 0. The molecule has 126 valence electrons. The minimum Gasteiger partial charge on any atom is -0.381 e. The van der Waals surface area contributed by atoms with Crippen LogP contribution in [-0.2, 0) is 9.53 Å². The number of nitrogens with one attached hydrogen (secondary N) is 1. The maximum absolute atomic E-state index is 12.4. The van der Waals surface area contributed by atoms with Gasteiger partial charge in [-0.05, 0) is 50.2 Å². The number of nitrogens with zero attached hydrogens (tertiary/aromatic N) is 2. The van der Waals surface area contributed by atoms with Gasteiger partial charge in [0.25, 0.3) is 0 Å². The van der Waals surface area contributed by atoms with Crippen LogP contribution in [0.15, 0.2) is 18.3 Å². The van der Waals surface area contributed by atoms with Gasteiger partial charge >= 0.3 is 0 Å². The molecular formula is C18H27N3O2. The van der Waals surface area contributed by atoms with Crippen LogP contribution in [0, 0.1) is 11.8 Å². The molecule has 0 aromatic carbocycles. The molecule has 2 saturated heterocycles. The summed E-state index contributed by atoms with van der Waals surface area (Å²) in [5.74, 6) is 1.13. The summed E-state index contributed by atoms with van der Waals surface area (Å²) >= 11 is 0. The van der Waals surface area contributed by atoms with Crippen LogP contribution >= 0.6 is 0 Å². The Bertz CT molecular complexity index is 506. The van der Waals surface area contributed by atoms with E-state index in [-0.39, 0.29) is 11.8 Å². The van der Waals surface area contributed by atoms with Crippen LogP contribution in [-0.4, -0.2) is 37.2 Å². The molecule has 1 aromatic heterocycles. The van der Waals surface area contributed by atoms with Gasteiger partial charge in [0.1, 0.15) is 5.82 Å². The predicted molar refractivity (Wildman–Crippen MR) is 91.6 cm³/mol. The molecule has 1 amide bonds. The first-order valence-corrected chi connectivity index (χ1v) is 8.83. The molecular weight excluding hydrogens is 290 g/mol. The second-order valence-corrected chi connectivity index (χ2v) is 6.68. The van der Waals surface area contributed by atoms with Crippen molar-refractivity contribution in [2.24, 2.45) is 11.8 Å². The average molecular weight is 317 g/mol. The van der Waals surface area contributed by atoms with Crippen molar-refractivity contribution < 1.29 is 9.53 Å². The van der Waals surface area contributed by atoms with Gasteiger partial charge in [0.2, 0.25) is 5.91 Å². The first kappa shape index (κ1) is 16.2. The van der Waals surface area contributed by atoms with E-state index < -0.39 is 0 Å². The summed E-state index contributed by atoms with van der Waals surface area (Å²) in [5, 5.41) is 2.96. The third-order valence-corrected chi connectivity index (χ3v) is 5.11. The number of amides is 1. The van der Waals surface area contributed by atoms with E-state index in [0.717, 1.165) is 44.8 Å². The highest BCUT2D eigenvalue weighted by Crippen LogP contribution is 2.25. The molecule has 0 bridgehead atoms. The lowest BCUT2D eigenvalue weighted by Crippen LogP contribution is -2.31. The van der Waals surface area contributed by atoms with Crippen LogP contribution in [0.25, 0.3) is 0 Å². The molecule has 3 heterocycles. The fourth-order valence-corrected chi connectivity index (χ4v) is 3.47. The van der Waals surface area contributed by atoms with Gasteiger partial charge in [-0.1, -0.05) is 6.92 Å². The Labute approximate surface area is 138 Å². The molecule has 5 heteroatoms. The van der Waals surface area contributed by atoms with Crippen LogP contribution in [0.1, 0.15) is 39.0 Å². The van der Waals surface area contributed by atoms with Gasteiger partial charge in [0, 0.05) is 32.2 Å². The topological polar surface area (TPSA) is 54.5 Å². The van der Waals surface area contributed by atoms with Gasteiger partial charge in [-0.3, -0.25) is 4.79 Å². The number of hydrogen-bond donors (Lipinski definition) is 1. The second-order valence-electron chi connectivity index (χ2n) is 6.68. The molecule has 1 N–H and O–H groups in total. The number of hydrogen-bond acceptors (Lipinski definition) is 4. The summed E-state index contributed by atoms with van der Waals surface area (Å²) < 4.78 is 5.37. The molecule has 5 nitrogen and oxygen atoms in total. The van der Waals surface area contributed by atoms with Crippen molar-refractivity contribution in [1.82, 2.24) is 4.98 Å². The molecule has 1 atom stereocenters. The zero-order valence-electron chi connectivity index (χ0n) is 14.0. The van der Waals surface area contributed by atoms with Gasteiger partial charge in [-0.15, -0.1) is 0 Å². The van der Waals surface area contributed by atoms with Crippen molar-refractivity contribution in [1.29, 1.82) is 0 Å². The minimum absolute atomic E-state index is 0.00229. The normalized spacial score (nSPS) is 21.0. The molecule has 0 spiro atoms. The molecule has 2 fully saturated rings. The molecule has 0 saturated carbocycles. The van der Waals surface area contributed by atoms with Gasteiger partial charge in [0.05, 0.1) is 11.9 Å². The van der Waals surface area contributed by atoms with E-state index in [1.165, 1.54) is 19.3 Å². The Morgan fingerprint density at radius 3 is 2.65 bits per heavy atom. The molecule has 0 radical (unpaired) electrons. The van der Waals surface area contributed by atoms with Crippen LogP contribution in [0.4, 0.5) is 11.5 Å². The van der Waals surface area contributed by atoms with E-state index in [9.17, 15) is 4.79 Å². The van der Waals surface area contributed by atoms with Crippen LogP contribution < -0.4 is 10.2 Å². The fourth-order valence-electron chi connectivity index (χ4n) is 3.47. The van der Waals surface area contributed by atoms with Crippen molar-refractivity contribution in [3.05, 3.63) is 18.3 Å². The number of carbonyl (C=O) groups excluding carboxylic acids is 1. The van der Waals surface area contributed by atoms with Crippen molar-refractivity contribution in [3.8, 4) is 0 Å². The van der Waals surface area contributed by atoms with Crippen LogP contribution in [0.3, 0.4) is 0 Å². The first-order chi connectivity index (χ1) is 11.2. The first-order valence-electron chi connectivity index (χ1n) is 8.83. The average Bonchev–Trinajstić information content (AvgIpc) is 2.63. The lowest BCUT2D eigenvalue weighted by Gasteiger charge is -2.28. The predicted octanol–water partition coefficient (Wildman–Crippen LogP) is 3.07. The van der Waals surface area contributed by atoms with Crippen LogP contribution in [0.5, 0.6) is 0 Å². The summed E-state index contributed by atoms with van der Waals surface area (Å²) in [6.45, 7) is 5.76. The SMILES string of the molecule is CC(C(=O)Nc1ccc(N2CCCCC2)cn1)C1CCOCC1. The minimum atomic E-state index is 0.00229. The summed E-state index contributed by atoms with van der Waals surface area (Å²) in [6.07, 6.45) is 7.64. The van der Waals surface area contributed by atoms with Gasteiger partial charge in [0.15, 0.2) is 0 Å². The van der Waals surface area contributed by atoms with Gasteiger partial charge < -0.3 is 15.0 Å². The Hall–Kier alpha value is -1.62. The van der Waals surface area contributed by atoms with Crippen molar-refractivity contribution >= 4 is 17.4 Å². The van der Waals surface area contributed by atoms with E-state index in [4.69, 9.17) is 4.74 Å². The lowest BCUT2D eigenvalue weighted by atomic mass is 9.87. The maximum Gasteiger partial charge on any atom is 0.228 e. The van der Waals surface area contributed by atoms with E-state index in [0.29, 0.717) is 11.7 Å². The van der Waals surface area contributed by atoms with E-state index in [1.54, 1.807) is 0 Å². The van der Waals surface area contributed by atoms with Gasteiger partial charge in [-0.25, -0.2) is 4.98 Å². The molecule has 23 heavy (non-hydrogen) atoms. The number of pyridine rings is 1. The summed E-state index contributed by atoms with van der Waals surface area (Å²) in [4.78, 5) is 19.2. The third kappa shape index (κ3) is 4.22. The lowest BCUT2D eigenvalue weighted by molar-refractivity contribution is -0.122. The molecule has 1 aromatic rings. The number of ether oxygens (including phenoxy) is 1. The molecule has 2 aliphatic heterocycles. The zero-order chi connectivity index (χ0) is 16.1. The summed E-state index contributed by atoms with van der Waals surface area (Å²) in [6, 6.07) is 3.98. The Morgan fingerprint density at radius 2 is 2.00 bits per heavy atom. The van der Waals surface area contributed by atoms with Crippen LogP contribution in [0.2, 0.25) is 0 Å². The number of carbonyl (C=O) groups is 1. The fraction of sp³-hybridized carbons (Fsp3) is 0.667. The third-order valence-electron chi connectivity index (χ3n) is 5.11. The largest absolute Gasteiger partial charge is 0.381 e. The maximum atomic E-state index is 12.4.